The van der Waals surface area contributed by atoms with Crippen LogP contribution in [0.2, 0.25) is 0 Å². The third kappa shape index (κ3) is 1.36. The van der Waals surface area contributed by atoms with E-state index >= 15 is 0 Å². The topological polar surface area (TPSA) is 43.1 Å². The molecule has 0 unspecified atom stereocenters. The van der Waals surface area contributed by atoms with E-state index in [-0.39, 0.29) is 0 Å². The lowest BCUT2D eigenvalue weighted by Gasteiger charge is -2.05. The van der Waals surface area contributed by atoms with Crippen LogP contribution in [0.1, 0.15) is 36.8 Å². The molecule has 4 nitrogen and oxygen atoms in total. The first-order chi connectivity index (χ1) is 6.58. The molecule has 2 aromatic rings. The van der Waals surface area contributed by atoms with Crippen LogP contribution in [-0.4, -0.2) is 19.8 Å². The zero-order chi connectivity index (χ0) is 10.3. The Morgan fingerprint density at radius 3 is 2.57 bits per heavy atom. The van der Waals surface area contributed by atoms with Crippen LogP contribution >= 0.6 is 0 Å². The quantitative estimate of drug-likeness (QED) is 0.689. The minimum Gasteiger partial charge on any atom is -0.210 e. The van der Waals surface area contributed by atoms with Crippen LogP contribution in [-0.2, 0) is 0 Å². The van der Waals surface area contributed by atoms with Crippen LogP contribution in [0.15, 0.2) is 6.07 Å². The van der Waals surface area contributed by atoms with Gasteiger partial charge in [0.05, 0.1) is 5.69 Å². The Morgan fingerprint density at radius 1 is 1.21 bits per heavy atom. The average Bonchev–Trinajstić information content (AvgIpc) is 2.45. The lowest BCUT2D eigenvalue weighted by Crippen LogP contribution is -2.02. The maximum absolute atomic E-state index is 4.40. The van der Waals surface area contributed by atoms with Crippen molar-refractivity contribution in [3.05, 3.63) is 23.1 Å². The van der Waals surface area contributed by atoms with E-state index in [1.807, 2.05) is 13.8 Å². The summed E-state index contributed by atoms with van der Waals surface area (Å²) in [5.41, 5.74) is 3.04. The summed E-state index contributed by atoms with van der Waals surface area (Å²) in [6.45, 7) is 8.16. The molecule has 0 N–H and O–H groups in total. The van der Waals surface area contributed by atoms with Gasteiger partial charge in [-0.15, -0.1) is 9.73 Å². The van der Waals surface area contributed by atoms with E-state index in [1.54, 1.807) is 4.63 Å². The Morgan fingerprint density at radius 2 is 1.93 bits per heavy atom. The third-order valence-corrected chi connectivity index (χ3v) is 2.22. The summed E-state index contributed by atoms with van der Waals surface area (Å²) in [6, 6.07) is 2.08. The molecule has 0 bridgehead atoms. The Labute approximate surface area is 83.0 Å². The van der Waals surface area contributed by atoms with Gasteiger partial charge < -0.3 is 0 Å². The molecule has 0 saturated carbocycles. The lowest BCUT2D eigenvalue weighted by atomic mass is 10.1. The summed E-state index contributed by atoms with van der Waals surface area (Å²) in [4.78, 5) is 4.30. The predicted molar refractivity (Wildman–Crippen MR) is 54.3 cm³/mol. The fourth-order valence-corrected chi connectivity index (χ4v) is 1.43. The van der Waals surface area contributed by atoms with Crippen molar-refractivity contribution < 1.29 is 0 Å². The Hall–Kier alpha value is -1.45. The molecule has 0 amide bonds. The van der Waals surface area contributed by atoms with E-state index in [2.05, 4.69) is 35.1 Å². The molecule has 0 aliphatic heterocycles. The van der Waals surface area contributed by atoms with Gasteiger partial charge in [-0.25, -0.2) is 4.98 Å². The Kier molecular flexibility index (Phi) is 1.98. The van der Waals surface area contributed by atoms with E-state index in [0.29, 0.717) is 5.92 Å². The minimum absolute atomic E-state index is 0.419. The zero-order valence-corrected chi connectivity index (χ0v) is 8.94. The van der Waals surface area contributed by atoms with Crippen molar-refractivity contribution in [1.29, 1.82) is 0 Å². The van der Waals surface area contributed by atoms with Crippen molar-refractivity contribution in [2.45, 2.75) is 33.6 Å². The summed E-state index contributed by atoms with van der Waals surface area (Å²) >= 11 is 0. The van der Waals surface area contributed by atoms with Gasteiger partial charge in [0.1, 0.15) is 5.82 Å². The maximum atomic E-state index is 4.40. The highest BCUT2D eigenvalue weighted by Crippen LogP contribution is 2.14. The van der Waals surface area contributed by atoms with Gasteiger partial charge in [-0.3, -0.25) is 0 Å². The smallest absolute Gasteiger partial charge is 0.179 e. The Balaban J connectivity index is 2.71. The van der Waals surface area contributed by atoms with E-state index in [4.69, 9.17) is 0 Å². The highest BCUT2D eigenvalue weighted by atomic mass is 15.4. The highest BCUT2D eigenvalue weighted by molar-refractivity contribution is 5.45. The second-order valence-electron chi connectivity index (χ2n) is 3.88. The summed E-state index contributed by atoms with van der Waals surface area (Å²) in [7, 11) is 0. The molecule has 2 aromatic heterocycles. The third-order valence-electron chi connectivity index (χ3n) is 2.22. The molecule has 14 heavy (non-hydrogen) atoms. The SMILES string of the molecule is Cc1nc2c(C)cc(C(C)C)nn2n1. The summed E-state index contributed by atoms with van der Waals surface area (Å²) in [5, 5.41) is 8.61. The molecule has 2 heterocycles. The molecule has 4 heteroatoms. The molecule has 0 fully saturated rings. The van der Waals surface area contributed by atoms with E-state index < -0.39 is 0 Å². The van der Waals surface area contributed by atoms with Gasteiger partial charge in [0.25, 0.3) is 0 Å². The largest absolute Gasteiger partial charge is 0.210 e. The number of aryl methyl sites for hydroxylation is 2. The van der Waals surface area contributed by atoms with Crippen LogP contribution < -0.4 is 0 Å². The number of nitrogens with zero attached hydrogens (tertiary/aromatic N) is 4. The first-order valence-corrected chi connectivity index (χ1v) is 4.79. The second kappa shape index (κ2) is 3.04. The summed E-state index contributed by atoms with van der Waals surface area (Å²) in [6.07, 6.45) is 0. The molecule has 2 rings (SSSR count). The maximum Gasteiger partial charge on any atom is 0.179 e. The van der Waals surface area contributed by atoms with Gasteiger partial charge in [0.15, 0.2) is 5.65 Å². The van der Waals surface area contributed by atoms with Crippen molar-refractivity contribution in [3.8, 4) is 0 Å². The van der Waals surface area contributed by atoms with Crippen molar-refractivity contribution in [2.75, 3.05) is 0 Å². The number of hydrogen-bond acceptors (Lipinski definition) is 3. The summed E-state index contributed by atoms with van der Waals surface area (Å²) in [5.74, 6) is 1.18. The number of rotatable bonds is 1. The van der Waals surface area contributed by atoms with Crippen molar-refractivity contribution in [2.24, 2.45) is 0 Å². The van der Waals surface area contributed by atoms with Crippen molar-refractivity contribution in [1.82, 2.24) is 19.8 Å². The van der Waals surface area contributed by atoms with Crippen molar-refractivity contribution in [3.63, 3.8) is 0 Å². The van der Waals surface area contributed by atoms with Crippen LogP contribution in [0.4, 0.5) is 0 Å². The Bertz CT molecular complexity index is 470. The average molecular weight is 190 g/mol. The molecule has 0 aliphatic rings. The second-order valence-corrected chi connectivity index (χ2v) is 3.88. The highest BCUT2D eigenvalue weighted by Gasteiger charge is 2.08. The molecule has 0 aliphatic carbocycles. The van der Waals surface area contributed by atoms with E-state index in [9.17, 15) is 0 Å². The fourth-order valence-electron chi connectivity index (χ4n) is 1.43. The molecule has 0 spiro atoms. The van der Waals surface area contributed by atoms with Gasteiger partial charge in [0, 0.05) is 0 Å². The first kappa shape index (κ1) is 9.12. The van der Waals surface area contributed by atoms with Crippen molar-refractivity contribution >= 4 is 5.65 Å². The predicted octanol–water partition coefficient (Wildman–Crippen LogP) is 1.86. The van der Waals surface area contributed by atoms with Crippen LogP contribution in [0.3, 0.4) is 0 Å². The molecule has 0 saturated heterocycles. The van der Waals surface area contributed by atoms with E-state index in [0.717, 1.165) is 22.7 Å². The molecule has 0 aromatic carbocycles. The molecular formula is C10H14N4. The molecule has 0 radical (unpaired) electrons. The number of hydrogen-bond donors (Lipinski definition) is 0. The van der Waals surface area contributed by atoms with Crippen LogP contribution in [0.5, 0.6) is 0 Å². The fraction of sp³-hybridized carbons (Fsp3) is 0.500. The zero-order valence-electron chi connectivity index (χ0n) is 8.94. The van der Waals surface area contributed by atoms with Gasteiger partial charge in [-0.2, -0.15) is 5.10 Å². The van der Waals surface area contributed by atoms with Gasteiger partial charge in [-0.05, 0) is 31.4 Å². The lowest BCUT2D eigenvalue weighted by molar-refractivity contribution is 0.707. The van der Waals surface area contributed by atoms with Gasteiger partial charge in [-0.1, -0.05) is 13.8 Å². The molecular weight excluding hydrogens is 176 g/mol. The first-order valence-electron chi connectivity index (χ1n) is 4.79. The standard InChI is InChI=1S/C10H14N4/c1-6(2)9-5-7(3)10-11-8(4)12-14(10)13-9/h5-6H,1-4H3. The van der Waals surface area contributed by atoms with Crippen LogP contribution in [0, 0.1) is 13.8 Å². The van der Waals surface area contributed by atoms with Gasteiger partial charge in [0.2, 0.25) is 0 Å². The minimum atomic E-state index is 0.419. The number of fused-ring (bicyclic) bond motifs is 1. The molecule has 0 atom stereocenters. The van der Waals surface area contributed by atoms with E-state index in [1.165, 1.54) is 0 Å². The van der Waals surface area contributed by atoms with Crippen LogP contribution in [0.25, 0.3) is 5.65 Å². The molecule has 74 valence electrons. The van der Waals surface area contributed by atoms with Gasteiger partial charge >= 0.3 is 0 Å². The normalized spacial score (nSPS) is 11.5. The monoisotopic (exact) mass is 190 g/mol. The summed E-state index contributed by atoms with van der Waals surface area (Å²) < 4.78 is 1.62. The number of aromatic nitrogens is 4.